The molecule has 2 aromatic carbocycles. The first-order valence-electron chi connectivity index (χ1n) is 8.12. The van der Waals surface area contributed by atoms with Crippen LogP contribution in [0.15, 0.2) is 75.4 Å². The second-order valence-electron chi connectivity index (χ2n) is 5.56. The van der Waals surface area contributed by atoms with Gasteiger partial charge in [-0.1, -0.05) is 30.3 Å². The van der Waals surface area contributed by atoms with Crippen LogP contribution in [0.4, 0.5) is 5.69 Å². The molecular formula is C19H17N3O4S2. The lowest BCUT2D eigenvalue weighted by atomic mass is 10.2. The molecule has 2 N–H and O–H groups in total. The van der Waals surface area contributed by atoms with Gasteiger partial charge in [-0.05, 0) is 41.3 Å². The Morgan fingerprint density at radius 1 is 1.11 bits per heavy atom. The lowest BCUT2D eigenvalue weighted by Crippen LogP contribution is -2.21. The van der Waals surface area contributed by atoms with Crippen molar-refractivity contribution < 1.29 is 17.9 Å². The Kier molecular flexibility index (Phi) is 6.07. The molecule has 0 bridgehead atoms. The lowest BCUT2D eigenvalue weighted by molar-refractivity contribution is 0.0956. The van der Waals surface area contributed by atoms with E-state index < -0.39 is 15.9 Å². The maximum atomic E-state index is 12.5. The zero-order chi connectivity index (χ0) is 20.0. The summed E-state index contributed by atoms with van der Waals surface area (Å²) < 4.78 is 32.6. The summed E-state index contributed by atoms with van der Waals surface area (Å²) in [5.74, 6) is 0.132. The molecule has 0 aliphatic carbocycles. The molecule has 7 nitrogen and oxygen atoms in total. The van der Waals surface area contributed by atoms with Crippen LogP contribution in [0.2, 0.25) is 0 Å². The summed E-state index contributed by atoms with van der Waals surface area (Å²) in [6.45, 7) is 0. The summed E-state index contributed by atoms with van der Waals surface area (Å²) in [7, 11) is -2.20. The number of methoxy groups -OCH3 is 1. The number of thiophene rings is 1. The number of nitrogens with zero attached hydrogens (tertiary/aromatic N) is 1. The van der Waals surface area contributed by atoms with E-state index in [9.17, 15) is 13.2 Å². The van der Waals surface area contributed by atoms with Gasteiger partial charge in [0.2, 0.25) is 0 Å². The molecule has 0 unspecified atom stereocenters. The fraction of sp³-hybridized carbons (Fsp3) is 0.0526. The predicted octanol–water partition coefficient (Wildman–Crippen LogP) is 3.32. The molecule has 28 heavy (non-hydrogen) atoms. The molecule has 0 spiro atoms. The third-order valence-corrected chi connectivity index (χ3v) is 6.41. The van der Waals surface area contributed by atoms with Crippen LogP contribution in [0.1, 0.15) is 15.9 Å². The Hall–Kier alpha value is -3.17. The van der Waals surface area contributed by atoms with Crippen LogP contribution in [0, 0.1) is 0 Å². The van der Waals surface area contributed by atoms with Gasteiger partial charge in [-0.3, -0.25) is 9.52 Å². The molecule has 3 rings (SSSR count). The number of carbonyl (C=O) groups excluding carboxylic acids is 1. The van der Waals surface area contributed by atoms with Gasteiger partial charge in [0, 0.05) is 0 Å². The number of carbonyl (C=O) groups is 1. The summed E-state index contributed by atoms with van der Waals surface area (Å²) in [4.78, 5) is 12.5. The summed E-state index contributed by atoms with van der Waals surface area (Å²) in [6.07, 6.45) is 1.47. The van der Waals surface area contributed by atoms with Gasteiger partial charge in [0.25, 0.3) is 15.9 Å². The van der Waals surface area contributed by atoms with E-state index in [2.05, 4.69) is 15.2 Å². The van der Waals surface area contributed by atoms with Gasteiger partial charge < -0.3 is 4.74 Å². The van der Waals surface area contributed by atoms with E-state index in [-0.39, 0.29) is 15.5 Å². The minimum absolute atomic E-state index is 0.158. The number of para-hydroxylation sites is 1. The van der Waals surface area contributed by atoms with Crippen LogP contribution in [0.5, 0.6) is 5.75 Å². The van der Waals surface area contributed by atoms with Crippen molar-refractivity contribution in [2.24, 2.45) is 5.10 Å². The zero-order valence-electron chi connectivity index (χ0n) is 14.8. The molecule has 0 saturated heterocycles. The lowest BCUT2D eigenvalue weighted by Gasteiger charge is -2.10. The largest absolute Gasteiger partial charge is 0.497 e. The van der Waals surface area contributed by atoms with Gasteiger partial charge in [-0.15, -0.1) is 11.3 Å². The topological polar surface area (TPSA) is 96.9 Å². The van der Waals surface area contributed by atoms with Crippen molar-refractivity contribution in [2.45, 2.75) is 4.21 Å². The molecule has 1 heterocycles. The van der Waals surface area contributed by atoms with E-state index in [1.807, 2.05) is 0 Å². The van der Waals surface area contributed by atoms with Crippen LogP contribution in [-0.2, 0) is 10.0 Å². The van der Waals surface area contributed by atoms with Gasteiger partial charge in [0.15, 0.2) is 0 Å². The van der Waals surface area contributed by atoms with Crippen molar-refractivity contribution in [3.63, 3.8) is 0 Å². The number of hydrogen-bond acceptors (Lipinski definition) is 6. The third-order valence-electron chi connectivity index (χ3n) is 3.65. The average molecular weight is 415 g/mol. The quantitative estimate of drug-likeness (QED) is 0.457. The first-order valence-corrected chi connectivity index (χ1v) is 10.5. The van der Waals surface area contributed by atoms with Crippen LogP contribution < -0.4 is 14.9 Å². The molecule has 144 valence electrons. The Labute approximate surface area is 166 Å². The number of hydrazone groups is 1. The van der Waals surface area contributed by atoms with E-state index in [1.165, 1.54) is 24.4 Å². The maximum Gasteiger partial charge on any atom is 0.273 e. The first kappa shape index (κ1) is 19.6. The van der Waals surface area contributed by atoms with Gasteiger partial charge in [0.1, 0.15) is 9.96 Å². The Morgan fingerprint density at radius 3 is 2.68 bits per heavy atom. The third kappa shape index (κ3) is 4.76. The van der Waals surface area contributed by atoms with Gasteiger partial charge in [0.05, 0.1) is 24.6 Å². The number of ether oxygens (including phenoxy) is 1. The Balaban J connectivity index is 1.75. The molecule has 0 radical (unpaired) electrons. The summed E-state index contributed by atoms with van der Waals surface area (Å²) in [5.41, 5.74) is 3.47. The fourth-order valence-corrected chi connectivity index (χ4v) is 4.40. The van der Waals surface area contributed by atoms with Crippen molar-refractivity contribution in [1.82, 2.24) is 5.43 Å². The highest BCUT2D eigenvalue weighted by Gasteiger charge is 2.19. The minimum atomic E-state index is -3.76. The highest BCUT2D eigenvalue weighted by molar-refractivity contribution is 7.94. The highest BCUT2D eigenvalue weighted by Crippen LogP contribution is 2.22. The summed E-state index contributed by atoms with van der Waals surface area (Å²) in [5, 5.41) is 5.59. The normalized spacial score (nSPS) is 11.3. The van der Waals surface area contributed by atoms with E-state index in [0.717, 1.165) is 16.9 Å². The average Bonchev–Trinajstić information content (AvgIpc) is 3.24. The van der Waals surface area contributed by atoms with E-state index >= 15 is 0 Å². The maximum absolute atomic E-state index is 12.5. The summed E-state index contributed by atoms with van der Waals surface area (Å²) in [6, 6.07) is 16.6. The van der Waals surface area contributed by atoms with Gasteiger partial charge in [-0.25, -0.2) is 13.8 Å². The van der Waals surface area contributed by atoms with E-state index in [4.69, 9.17) is 4.74 Å². The summed E-state index contributed by atoms with van der Waals surface area (Å²) >= 11 is 1.09. The second kappa shape index (κ2) is 8.68. The molecule has 0 fully saturated rings. The SMILES string of the molecule is COc1cccc(/C=N/NC(=O)c2ccccc2NS(=O)(=O)c2cccs2)c1. The zero-order valence-corrected chi connectivity index (χ0v) is 16.5. The van der Waals surface area contributed by atoms with Crippen LogP contribution >= 0.6 is 11.3 Å². The first-order chi connectivity index (χ1) is 13.5. The Morgan fingerprint density at radius 2 is 1.93 bits per heavy atom. The second-order valence-corrected chi connectivity index (χ2v) is 8.42. The van der Waals surface area contributed by atoms with Crippen LogP contribution in [0.25, 0.3) is 0 Å². The molecule has 0 saturated carbocycles. The Bertz CT molecular complexity index is 1090. The number of amides is 1. The van der Waals surface area contributed by atoms with Crippen molar-refractivity contribution in [3.8, 4) is 5.75 Å². The minimum Gasteiger partial charge on any atom is -0.497 e. The van der Waals surface area contributed by atoms with Crippen LogP contribution in [-0.4, -0.2) is 27.6 Å². The monoisotopic (exact) mass is 415 g/mol. The molecule has 3 aromatic rings. The molecule has 0 aliphatic heterocycles. The molecule has 0 atom stereocenters. The van der Waals surface area contributed by atoms with E-state index in [1.54, 1.807) is 55.0 Å². The number of sulfonamides is 1. The van der Waals surface area contributed by atoms with Crippen molar-refractivity contribution >= 4 is 39.2 Å². The number of anilines is 1. The van der Waals surface area contributed by atoms with Gasteiger partial charge in [-0.2, -0.15) is 5.10 Å². The number of benzene rings is 2. The van der Waals surface area contributed by atoms with E-state index in [0.29, 0.717) is 5.75 Å². The van der Waals surface area contributed by atoms with Crippen LogP contribution in [0.3, 0.4) is 0 Å². The molecular weight excluding hydrogens is 398 g/mol. The van der Waals surface area contributed by atoms with Crippen molar-refractivity contribution in [2.75, 3.05) is 11.8 Å². The number of nitrogens with one attached hydrogen (secondary N) is 2. The van der Waals surface area contributed by atoms with Gasteiger partial charge >= 0.3 is 0 Å². The molecule has 1 amide bonds. The van der Waals surface area contributed by atoms with Crippen molar-refractivity contribution in [3.05, 3.63) is 77.2 Å². The standard InChI is InChI=1S/C19H17N3O4S2/c1-26-15-7-4-6-14(12-15)13-20-21-19(23)16-8-2-3-9-17(16)22-28(24,25)18-10-5-11-27-18/h2-13,22H,1H3,(H,21,23)/b20-13+. The van der Waals surface area contributed by atoms with Crippen molar-refractivity contribution in [1.29, 1.82) is 0 Å². The predicted molar refractivity (Wildman–Crippen MR) is 110 cm³/mol. The molecule has 0 aliphatic rings. The fourth-order valence-electron chi connectivity index (χ4n) is 2.33. The highest BCUT2D eigenvalue weighted by atomic mass is 32.2. The number of rotatable bonds is 7. The molecule has 1 aromatic heterocycles. The molecule has 9 heteroatoms. The smallest absolute Gasteiger partial charge is 0.273 e. The number of hydrogen-bond donors (Lipinski definition) is 2.